The van der Waals surface area contributed by atoms with E-state index in [4.69, 9.17) is 9.47 Å². The van der Waals surface area contributed by atoms with Crippen molar-refractivity contribution in [3.63, 3.8) is 0 Å². The van der Waals surface area contributed by atoms with Crippen LogP contribution in [0.1, 0.15) is 47.3 Å². The Labute approximate surface area is 158 Å². The van der Waals surface area contributed by atoms with E-state index in [1.54, 1.807) is 23.1 Å². The molecule has 0 saturated carbocycles. The molecule has 2 aliphatic rings. The number of fused-ring (bicyclic) bond motifs is 1. The largest absolute Gasteiger partial charge is 0.454 e. The third kappa shape index (κ3) is 3.23. The summed E-state index contributed by atoms with van der Waals surface area (Å²) >= 11 is 0. The minimum Gasteiger partial charge on any atom is -0.454 e. The van der Waals surface area contributed by atoms with Crippen LogP contribution in [-0.2, 0) is 4.79 Å². The number of rotatable bonds is 3. The van der Waals surface area contributed by atoms with E-state index in [-0.39, 0.29) is 18.6 Å². The van der Waals surface area contributed by atoms with E-state index in [9.17, 15) is 9.59 Å². The molecule has 6 heteroatoms. The molecule has 0 bridgehead atoms. The van der Waals surface area contributed by atoms with Gasteiger partial charge in [0.1, 0.15) is 6.04 Å². The van der Waals surface area contributed by atoms with Crippen molar-refractivity contribution in [2.24, 2.45) is 0 Å². The Hall–Kier alpha value is -3.02. The van der Waals surface area contributed by atoms with Crippen molar-refractivity contribution in [2.45, 2.75) is 25.8 Å². The van der Waals surface area contributed by atoms with Gasteiger partial charge >= 0.3 is 0 Å². The Bertz CT molecular complexity index is 876. The van der Waals surface area contributed by atoms with Crippen molar-refractivity contribution in [1.29, 1.82) is 0 Å². The molecule has 2 aliphatic heterocycles. The highest BCUT2D eigenvalue weighted by Crippen LogP contribution is 2.34. The molecule has 0 aromatic heterocycles. The maximum Gasteiger partial charge on any atom is 0.255 e. The van der Waals surface area contributed by atoms with E-state index in [0.29, 0.717) is 36.1 Å². The lowest BCUT2D eigenvalue weighted by Crippen LogP contribution is -2.52. The number of carbonyl (C=O) groups is 2. The van der Waals surface area contributed by atoms with Gasteiger partial charge in [-0.3, -0.25) is 9.59 Å². The van der Waals surface area contributed by atoms with Gasteiger partial charge in [-0.1, -0.05) is 38.1 Å². The second-order valence-corrected chi connectivity index (χ2v) is 7.08. The number of nitrogens with one attached hydrogen (secondary N) is 1. The molecule has 0 aliphatic carbocycles. The molecule has 1 N–H and O–H groups in total. The molecule has 0 spiro atoms. The van der Waals surface area contributed by atoms with Crippen LogP contribution in [0.2, 0.25) is 0 Å². The number of benzene rings is 2. The van der Waals surface area contributed by atoms with Crippen LogP contribution in [0.5, 0.6) is 11.5 Å². The number of nitrogens with zero attached hydrogens (tertiary/aromatic N) is 1. The van der Waals surface area contributed by atoms with Crippen LogP contribution in [-0.4, -0.2) is 36.6 Å². The van der Waals surface area contributed by atoms with Crippen LogP contribution < -0.4 is 14.8 Å². The van der Waals surface area contributed by atoms with Crippen LogP contribution >= 0.6 is 0 Å². The van der Waals surface area contributed by atoms with Crippen LogP contribution in [0.4, 0.5) is 0 Å². The number of hydrogen-bond acceptors (Lipinski definition) is 4. The summed E-state index contributed by atoms with van der Waals surface area (Å²) in [6, 6.07) is 12.4. The smallest absolute Gasteiger partial charge is 0.255 e. The highest BCUT2D eigenvalue weighted by atomic mass is 16.7. The predicted molar refractivity (Wildman–Crippen MR) is 99.9 cm³/mol. The van der Waals surface area contributed by atoms with Gasteiger partial charge in [0.2, 0.25) is 12.7 Å². The summed E-state index contributed by atoms with van der Waals surface area (Å²) in [5.74, 6) is 1.24. The molecule has 2 aromatic carbocycles. The third-order valence-corrected chi connectivity index (χ3v) is 5.01. The molecule has 1 atom stereocenters. The normalized spacial score (nSPS) is 18.6. The average molecular weight is 366 g/mol. The fraction of sp³-hybridized carbons (Fsp3) is 0.333. The summed E-state index contributed by atoms with van der Waals surface area (Å²) in [4.78, 5) is 27.4. The topological polar surface area (TPSA) is 67.9 Å². The van der Waals surface area contributed by atoms with Crippen LogP contribution in [0.3, 0.4) is 0 Å². The first kappa shape index (κ1) is 17.4. The van der Waals surface area contributed by atoms with Gasteiger partial charge in [-0.05, 0) is 35.2 Å². The fourth-order valence-corrected chi connectivity index (χ4v) is 3.48. The predicted octanol–water partition coefficient (Wildman–Crippen LogP) is 2.85. The number of ether oxygens (including phenoxy) is 2. The van der Waals surface area contributed by atoms with Crippen molar-refractivity contribution in [3.05, 3.63) is 59.2 Å². The van der Waals surface area contributed by atoms with E-state index in [1.165, 1.54) is 5.56 Å². The number of hydrogen-bond donors (Lipinski definition) is 1. The van der Waals surface area contributed by atoms with Gasteiger partial charge in [-0.25, -0.2) is 0 Å². The SMILES string of the molecule is CC(C)c1ccc(C2C(=O)NCCN2C(=O)c2ccc3c(c2)OCO3)cc1. The minimum absolute atomic E-state index is 0.157. The van der Waals surface area contributed by atoms with Gasteiger partial charge in [0.05, 0.1) is 0 Å². The maximum absolute atomic E-state index is 13.2. The zero-order valence-corrected chi connectivity index (χ0v) is 15.4. The average Bonchev–Trinajstić information content (AvgIpc) is 3.15. The Morgan fingerprint density at radius 1 is 1.11 bits per heavy atom. The molecular formula is C21H22N2O4. The van der Waals surface area contributed by atoms with Crippen LogP contribution in [0.25, 0.3) is 0 Å². The van der Waals surface area contributed by atoms with Crippen molar-refractivity contribution in [1.82, 2.24) is 10.2 Å². The molecule has 6 nitrogen and oxygen atoms in total. The van der Waals surface area contributed by atoms with Crippen molar-refractivity contribution >= 4 is 11.8 Å². The lowest BCUT2D eigenvalue weighted by molar-refractivity contribution is -0.128. The molecule has 140 valence electrons. The quantitative estimate of drug-likeness (QED) is 0.907. The molecule has 2 aromatic rings. The molecule has 27 heavy (non-hydrogen) atoms. The summed E-state index contributed by atoms with van der Waals surface area (Å²) < 4.78 is 10.7. The van der Waals surface area contributed by atoms with Crippen molar-refractivity contribution < 1.29 is 19.1 Å². The standard InChI is InChI=1S/C21H22N2O4/c1-13(2)14-3-5-15(6-4-14)19-20(24)22-9-10-23(19)21(25)16-7-8-17-18(11-16)27-12-26-17/h3-8,11,13,19H,9-10,12H2,1-2H3,(H,22,24). The lowest BCUT2D eigenvalue weighted by Gasteiger charge is -2.35. The number of carbonyl (C=O) groups excluding carboxylic acids is 2. The highest BCUT2D eigenvalue weighted by Gasteiger charge is 2.35. The minimum atomic E-state index is -0.641. The molecule has 2 amide bonds. The van der Waals surface area contributed by atoms with Gasteiger partial charge in [-0.2, -0.15) is 0 Å². The van der Waals surface area contributed by atoms with Crippen LogP contribution in [0.15, 0.2) is 42.5 Å². The zero-order valence-electron chi connectivity index (χ0n) is 15.4. The molecule has 4 rings (SSSR count). The number of piperazine rings is 1. The summed E-state index contributed by atoms with van der Waals surface area (Å²) in [6.45, 7) is 5.30. The lowest BCUT2D eigenvalue weighted by atomic mass is 9.96. The first-order valence-electron chi connectivity index (χ1n) is 9.13. The Kier molecular flexibility index (Phi) is 4.48. The summed E-state index contributed by atoms with van der Waals surface area (Å²) in [5, 5.41) is 2.87. The highest BCUT2D eigenvalue weighted by molar-refractivity contribution is 5.99. The van der Waals surface area contributed by atoms with Gasteiger partial charge in [0.25, 0.3) is 5.91 Å². The van der Waals surface area contributed by atoms with E-state index >= 15 is 0 Å². The van der Waals surface area contributed by atoms with E-state index in [0.717, 1.165) is 5.56 Å². The molecular weight excluding hydrogens is 344 g/mol. The van der Waals surface area contributed by atoms with Gasteiger partial charge < -0.3 is 19.7 Å². The molecule has 2 heterocycles. The van der Waals surface area contributed by atoms with Gasteiger partial charge in [0.15, 0.2) is 11.5 Å². The molecule has 1 unspecified atom stereocenters. The second kappa shape index (κ2) is 6.95. The Morgan fingerprint density at radius 3 is 2.59 bits per heavy atom. The Morgan fingerprint density at radius 2 is 1.85 bits per heavy atom. The summed E-state index contributed by atoms with van der Waals surface area (Å²) in [7, 11) is 0. The van der Waals surface area contributed by atoms with E-state index in [1.807, 2.05) is 24.3 Å². The summed E-state index contributed by atoms with van der Waals surface area (Å²) in [6.07, 6.45) is 0. The second-order valence-electron chi connectivity index (χ2n) is 7.08. The van der Waals surface area contributed by atoms with Gasteiger partial charge in [-0.15, -0.1) is 0 Å². The first-order valence-corrected chi connectivity index (χ1v) is 9.13. The summed E-state index contributed by atoms with van der Waals surface area (Å²) in [5.41, 5.74) is 2.49. The molecule has 0 radical (unpaired) electrons. The van der Waals surface area contributed by atoms with E-state index < -0.39 is 6.04 Å². The first-order chi connectivity index (χ1) is 13.0. The zero-order chi connectivity index (χ0) is 19.0. The fourth-order valence-electron chi connectivity index (χ4n) is 3.48. The monoisotopic (exact) mass is 366 g/mol. The van der Waals surface area contributed by atoms with Crippen LogP contribution in [0, 0.1) is 0 Å². The third-order valence-electron chi connectivity index (χ3n) is 5.01. The van der Waals surface area contributed by atoms with Gasteiger partial charge in [0, 0.05) is 18.7 Å². The number of amides is 2. The Balaban J connectivity index is 1.64. The van der Waals surface area contributed by atoms with Crippen molar-refractivity contribution in [3.8, 4) is 11.5 Å². The molecule has 1 saturated heterocycles. The maximum atomic E-state index is 13.2. The molecule has 1 fully saturated rings. The van der Waals surface area contributed by atoms with Crippen molar-refractivity contribution in [2.75, 3.05) is 19.9 Å². The van der Waals surface area contributed by atoms with E-state index in [2.05, 4.69) is 19.2 Å².